The molecule has 0 aliphatic carbocycles. The Hall–Kier alpha value is -2.08. The Kier molecular flexibility index (Phi) is 4.90. The van der Waals surface area contributed by atoms with Crippen LogP contribution in [0.25, 0.3) is 0 Å². The molecule has 1 aliphatic heterocycles. The van der Waals surface area contributed by atoms with Crippen LogP contribution in [0.15, 0.2) is 53.8 Å². The molecular weight excluding hydrogens is 296 g/mol. The van der Waals surface area contributed by atoms with Gasteiger partial charge in [0.2, 0.25) is 0 Å². The van der Waals surface area contributed by atoms with Gasteiger partial charge in [-0.05, 0) is 30.5 Å². The fourth-order valence-electron chi connectivity index (χ4n) is 2.44. The van der Waals surface area contributed by atoms with Gasteiger partial charge in [0.05, 0.1) is 0 Å². The standard InChI is InChI=1S/C16H18N4OS/c21-16(19-15-6-8-17-12-18-15)20-9-7-13(10-20)11-22-14-4-2-1-3-5-14/h1-6,8,12-13H,7,9-11H2,(H,17,18,19,21). The number of urea groups is 1. The Bertz CT molecular complexity index is 608. The summed E-state index contributed by atoms with van der Waals surface area (Å²) in [6, 6.07) is 12.0. The van der Waals surface area contributed by atoms with Gasteiger partial charge in [-0.3, -0.25) is 5.32 Å². The molecule has 5 nitrogen and oxygen atoms in total. The molecule has 1 aliphatic rings. The van der Waals surface area contributed by atoms with Crippen molar-refractivity contribution >= 4 is 23.6 Å². The lowest BCUT2D eigenvalue weighted by molar-refractivity contribution is 0.221. The van der Waals surface area contributed by atoms with Gasteiger partial charge in [-0.2, -0.15) is 0 Å². The molecule has 2 heterocycles. The lowest BCUT2D eigenvalue weighted by Crippen LogP contribution is -2.33. The van der Waals surface area contributed by atoms with Crippen LogP contribution in [0.1, 0.15) is 6.42 Å². The molecule has 1 atom stereocenters. The largest absolute Gasteiger partial charge is 0.324 e. The van der Waals surface area contributed by atoms with E-state index in [2.05, 4.69) is 39.6 Å². The minimum Gasteiger partial charge on any atom is -0.324 e. The predicted octanol–water partition coefficient (Wildman–Crippen LogP) is 3.12. The van der Waals surface area contributed by atoms with Crippen LogP contribution in [-0.2, 0) is 0 Å². The van der Waals surface area contributed by atoms with Crippen molar-refractivity contribution in [2.75, 3.05) is 24.2 Å². The average Bonchev–Trinajstić information content (AvgIpc) is 3.04. The van der Waals surface area contributed by atoms with E-state index >= 15 is 0 Å². The van der Waals surface area contributed by atoms with E-state index < -0.39 is 0 Å². The third-order valence-electron chi connectivity index (χ3n) is 3.62. The zero-order valence-electron chi connectivity index (χ0n) is 12.2. The normalized spacial score (nSPS) is 17.5. The van der Waals surface area contributed by atoms with Gasteiger partial charge in [0.25, 0.3) is 0 Å². The monoisotopic (exact) mass is 314 g/mol. The van der Waals surface area contributed by atoms with Gasteiger partial charge in [0.1, 0.15) is 12.1 Å². The first kappa shape index (κ1) is 14.8. The van der Waals surface area contributed by atoms with Gasteiger partial charge in [-0.15, -0.1) is 11.8 Å². The summed E-state index contributed by atoms with van der Waals surface area (Å²) < 4.78 is 0. The minimum atomic E-state index is -0.0779. The van der Waals surface area contributed by atoms with Crippen LogP contribution in [0.2, 0.25) is 0 Å². The molecule has 1 fully saturated rings. The van der Waals surface area contributed by atoms with Crippen LogP contribution >= 0.6 is 11.8 Å². The average molecular weight is 314 g/mol. The number of rotatable bonds is 4. The van der Waals surface area contributed by atoms with Gasteiger partial charge in [-0.25, -0.2) is 14.8 Å². The summed E-state index contributed by atoms with van der Waals surface area (Å²) in [5, 5.41) is 2.81. The second-order valence-corrected chi connectivity index (χ2v) is 6.34. The Balaban J connectivity index is 1.46. The van der Waals surface area contributed by atoms with Crippen molar-refractivity contribution in [3.8, 4) is 0 Å². The number of nitrogens with one attached hydrogen (secondary N) is 1. The fourth-order valence-corrected chi connectivity index (χ4v) is 3.49. The molecule has 6 heteroatoms. The second kappa shape index (κ2) is 7.26. The van der Waals surface area contributed by atoms with Crippen LogP contribution in [0.4, 0.5) is 10.6 Å². The molecule has 3 rings (SSSR count). The highest BCUT2D eigenvalue weighted by Crippen LogP contribution is 2.26. The molecule has 114 valence electrons. The first-order chi connectivity index (χ1) is 10.8. The van der Waals surface area contributed by atoms with E-state index in [1.54, 1.807) is 12.3 Å². The van der Waals surface area contributed by atoms with Gasteiger partial charge in [0, 0.05) is 29.9 Å². The van der Waals surface area contributed by atoms with E-state index in [4.69, 9.17) is 0 Å². The first-order valence-electron chi connectivity index (χ1n) is 7.31. The summed E-state index contributed by atoms with van der Waals surface area (Å²) in [5.74, 6) is 2.13. The summed E-state index contributed by atoms with van der Waals surface area (Å²) in [5.41, 5.74) is 0. The van der Waals surface area contributed by atoms with Gasteiger partial charge in [-0.1, -0.05) is 18.2 Å². The highest BCUT2D eigenvalue weighted by molar-refractivity contribution is 7.99. The Morgan fingerprint density at radius 1 is 1.32 bits per heavy atom. The van der Waals surface area contributed by atoms with E-state index in [1.165, 1.54) is 11.2 Å². The maximum absolute atomic E-state index is 12.2. The van der Waals surface area contributed by atoms with Crippen molar-refractivity contribution in [1.29, 1.82) is 0 Å². The highest BCUT2D eigenvalue weighted by atomic mass is 32.2. The number of hydrogen-bond donors (Lipinski definition) is 1. The quantitative estimate of drug-likeness (QED) is 0.881. The van der Waals surface area contributed by atoms with Gasteiger partial charge in [0.15, 0.2) is 0 Å². The van der Waals surface area contributed by atoms with Crippen LogP contribution in [0.3, 0.4) is 0 Å². The molecule has 0 spiro atoms. The zero-order valence-corrected chi connectivity index (χ0v) is 13.0. The predicted molar refractivity (Wildman–Crippen MR) is 87.9 cm³/mol. The van der Waals surface area contributed by atoms with E-state index in [0.717, 1.165) is 25.3 Å². The minimum absolute atomic E-state index is 0.0779. The topological polar surface area (TPSA) is 58.1 Å². The fraction of sp³-hybridized carbons (Fsp3) is 0.312. The third kappa shape index (κ3) is 3.98. The molecule has 0 bridgehead atoms. The molecule has 1 aromatic heterocycles. The van der Waals surface area contributed by atoms with E-state index in [-0.39, 0.29) is 6.03 Å². The number of likely N-dealkylation sites (tertiary alicyclic amines) is 1. The van der Waals surface area contributed by atoms with Crippen molar-refractivity contribution in [3.63, 3.8) is 0 Å². The van der Waals surface area contributed by atoms with Gasteiger partial charge < -0.3 is 4.90 Å². The zero-order chi connectivity index (χ0) is 15.2. The van der Waals surface area contributed by atoms with Crippen molar-refractivity contribution in [2.45, 2.75) is 11.3 Å². The lowest BCUT2D eigenvalue weighted by atomic mass is 10.2. The van der Waals surface area contributed by atoms with Crippen molar-refractivity contribution in [1.82, 2.24) is 14.9 Å². The molecule has 1 N–H and O–H groups in total. The molecule has 0 saturated carbocycles. The summed E-state index contributed by atoms with van der Waals surface area (Å²) >= 11 is 1.86. The Labute approximate surface area is 134 Å². The number of carbonyl (C=O) groups is 1. The lowest BCUT2D eigenvalue weighted by Gasteiger charge is -2.16. The number of benzene rings is 1. The number of nitrogens with zero attached hydrogens (tertiary/aromatic N) is 3. The van der Waals surface area contributed by atoms with Gasteiger partial charge >= 0.3 is 6.03 Å². The van der Waals surface area contributed by atoms with Crippen LogP contribution in [-0.4, -0.2) is 39.7 Å². The van der Waals surface area contributed by atoms with E-state index in [0.29, 0.717) is 11.7 Å². The summed E-state index contributed by atoms with van der Waals surface area (Å²) in [4.78, 5) is 23.2. The van der Waals surface area contributed by atoms with E-state index in [1.807, 2.05) is 22.7 Å². The Morgan fingerprint density at radius 2 is 2.18 bits per heavy atom. The van der Waals surface area contributed by atoms with Crippen molar-refractivity contribution in [3.05, 3.63) is 48.9 Å². The summed E-state index contributed by atoms with van der Waals surface area (Å²) in [7, 11) is 0. The number of hydrogen-bond acceptors (Lipinski definition) is 4. The van der Waals surface area contributed by atoms with Crippen molar-refractivity contribution in [2.24, 2.45) is 5.92 Å². The highest BCUT2D eigenvalue weighted by Gasteiger charge is 2.26. The molecule has 1 aromatic carbocycles. The molecule has 22 heavy (non-hydrogen) atoms. The smallest absolute Gasteiger partial charge is 0.323 e. The van der Waals surface area contributed by atoms with Crippen LogP contribution < -0.4 is 5.32 Å². The molecule has 2 aromatic rings. The molecule has 0 radical (unpaired) electrons. The summed E-state index contributed by atoms with van der Waals surface area (Å²) in [6.07, 6.45) is 4.10. The first-order valence-corrected chi connectivity index (χ1v) is 8.29. The maximum Gasteiger partial charge on any atom is 0.323 e. The molecule has 1 saturated heterocycles. The van der Waals surface area contributed by atoms with E-state index in [9.17, 15) is 4.79 Å². The number of anilines is 1. The number of amides is 2. The maximum atomic E-state index is 12.2. The summed E-state index contributed by atoms with van der Waals surface area (Å²) in [6.45, 7) is 1.60. The second-order valence-electron chi connectivity index (χ2n) is 5.25. The van der Waals surface area contributed by atoms with Crippen LogP contribution in [0, 0.1) is 5.92 Å². The molecular formula is C16H18N4OS. The Morgan fingerprint density at radius 3 is 2.95 bits per heavy atom. The number of aromatic nitrogens is 2. The van der Waals surface area contributed by atoms with Crippen molar-refractivity contribution < 1.29 is 4.79 Å². The van der Waals surface area contributed by atoms with Crippen LogP contribution in [0.5, 0.6) is 0 Å². The SMILES string of the molecule is O=C(Nc1ccncn1)N1CCC(CSc2ccccc2)C1. The number of carbonyl (C=O) groups excluding carboxylic acids is 1. The molecule has 1 unspecified atom stereocenters. The molecule has 2 amide bonds. The number of thioether (sulfide) groups is 1. The third-order valence-corrected chi connectivity index (χ3v) is 4.86.